The van der Waals surface area contributed by atoms with Crippen molar-refractivity contribution >= 4 is 40.7 Å². The van der Waals surface area contributed by atoms with Gasteiger partial charge in [0.1, 0.15) is 17.0 Å². The molecule has 2 aliphatic rings. The molecule has 5 N–H and O–H groups in total. The number of methoxy groups -OCH3 is 2. The number of amides is 3. The van der Waals surface area contributed by atoms with Gasteiger partial charge in [-0.25, -0.2) is 0 Å². The van der Waals surface area contributed by atoms with Crippen molar-refractivity contribution < 1.29 is 23.9 Å². The lowest BCUT2D eigenvalue weighted by Crippen LogP contribution is -2.52. The minimum absolute atomic E-state index is 0.0177. The smallest absolute Gasteiger partial charge is 0.250 e. The Morgan fingerprint density at radius 2 is 2.00 bits per heavy atom. The Morgan fingerprint density at radius 1 is 1.24 bits per heavy atom. The van der Waals surface area contributed by atoms with Crippen LogP contribution in [-0.2, 0) is 19.9 Å². The van der Waals surface area contributed by atoms with E-state index in [0.29, 0.717) is 33.5 Å². The molecule has 1 saturated heterocycles. The molecule has 9 nitrogen and oxygen atoms in total. The molecule has 33 heavy (non-hydrogen) atoms. The van der Waals surface area contributed by atoms with Crippen LogP contribution >= 0.6 is 11.6 Å². The monoisotopic (exact) mass is 472 g/mol. The highest BCUT2D eigenvalue weighted by molar-refractivity contribution is 6.35. The van der Waals surface area contributed by atoms with Gasteiger partial charge in [-0.3, -0.25) is 19.7 Å². The minimum Gasteiger partial charge on any atom is -0.497 e. The quantitative estimate of drug-likeness (QED) is 0.510. The number of carbonyl (C=O) groups is 3. The van der Waals surface area contributed by atoms with Gasteiger partial charge < -0.3 is 25.8 Å². The molecule has 2 heterocycles. The van der Waals surface area contributed by atoms with Crippen LogP contribution in [0.4, 0.5) is 11.4 Å². The first-order valence-corrected chi connectivity index (χ1v) is 10.8. The van der Waals surface area contributed by atoms with Crippen molar-refractivity contribution in [1.29, 1.82) is 0 Å². The van der Waals surface area contributed by atoms with E-state index in [9.17, 15) is 14.4 Å². The van der Waals surface area contributed by atoms with Gasteiger partial charge in [0.15, 0.2) is 0 Å². The molecule has 1 fully saturated rings. The number of rotatable bonds is 6. The van der Waals surface area contributed by atoms with Crippen molar-refractivity contribution in [1.82, 2.24) is 5.32 Å². The number of nitrogens with one attached hydrogen (secondary N) is 3. The van der Waals surface area contributed by atoms with Gasteiger partial charge in [-0.05, 0) is 37.1 Å². The summed E-state index contributed by atoms with van der Waals surface area (Å²) in [6.07, 6.45) is 0.204. The Kier molecular flexibility index (Phi) is 5.94. The molecule has 0 aromatic heterocycles. The summed E-state index contributed by atoms with van der Waals surface area (Å²) in [5.74, 6) is -1.23. The summed E-state index contributed by atoms with van der Waals surface area (Å²) in [5, 5.41) is 9.30. The number of benzene rings is 2. The van der Waals surface area contributed by atoms with E-state index in [4.69, 9.17) is 26.8 Å². The van der Waals surface area contributed by atoms with Crippen LogP contribution in [0.2, 0.25) is 5.02 Å². The van der Waals surface area contributed by atoms with Gasteiger partial charge in [0.25, 0.3) is 0 Å². The third-order valence-electron chi connectivity index (χ3n) is 6.16. The molecule has 2 aliphatic heterocycles. The van der Waals surface area contributed by atoms with Crippen molar-refractivity contribution in [2.75, 3.05) is 24.9 Å². The van der Waals surface area contributed by atoms with Gasteiger partial charge in [0, 0.05) is 24.1 Å². The van der Waals surface area contributed by atoms with Gasteiger partial charge in [0.2, 0.25) is 17.7 Å². The standard InChI is InChI=1S/C23H25ClN4O5/c1-11-6-14-20(16(24)7-11)27-22(31)23(14)15(8-12(28-23)9-19(25)29)21(30)26-17-10-13(32-2)4-5-18(17)33-3/h4-7,10,12,15,28H,8-9H2,1-3H3,(H2,25,29)(H,26,30)(H,27,31)/t12-,15-,23-/m1/s1. The summed E-state index contributed by atoms with van der Waals surface area (Å²) in [6.45, 7) is 1.86. The molecule has 0 bridgehead atoms. The minimum atomic E-state index is -1.40. The Morgan fingerprint density at radius 3 is 2.67 bits per heavy atom. The lowest BCUT2D eigenvalue weighted by Gasteiger charge is -2.29. The van der Waals surface area contributed by atoms with E-state index in [0.717, 1.165) is 5.56 Å². The predicted octanol–water partition coefficient (Wildman–Crippen LogP) is 2.31. The highest BCUT2D eigenvalue weighted by Crippen LogP contribution is 2.50. The van der Waals surface area contributed by atoms with Crippen LogP contribution in [0, 0.1) is 12.8 Å². The van der Waals surface area contributed by atoms with Crippen molar-refractivity contribution in [3.05, 3.63) is 46.5 Å². The number of halogens is 1. The van der Waals surface area contributed by atoms with Crippen molar-refractivity contribution in [2.24, 2.45) is 11.7 Å². The summed E-state index contributed by atoms with van der Waals surface area (Å²) in [5.41, 5.74) is 6.28. The highest BCUT2D eigenvalue weighted by Gasteiger charge is 2.60. The fraction of sp³-hybridized carbons (Fsp3) is 0.348. The number of anilines is 2. The van der Waals surface area contributed by atoms with Crippen LogP contribution < -0.4 is 31.2 Å². The third-order valence-corrected chi connectivity index (χ3v) is 6.46. The summed E-state index contributed by atoms with van der Waals surface area (Å²) in [7, 11) is 3.01. The largest absolute Gasteiger partial charge is 0.497 e. The average Bonchev–Trinajstić information content (AvgIpc) is 3.27. The Balaban J connectivity index is 1.77. The van der Waals surface area contributed by atoms with E-state index < -0.39 is 35.2 Å². The third kappa shape index (κ3) is 3.87. The fourth-order valence-corrected chi connectivity index (χ4v) is 5.08. The summed E-state index contributed by atoms with van der Waals surface area (Å²) >= 11 is 6.41. The van der Waals surface area contributed by atoms with Crippen molar-refractivity contribution in [3.63, 3.8) is 0 Å². The average molecular weight is 473 g/mol. The van der Waals surface area contributed by atoms with E-state index in [1.165, 1.54) is 14.2 Å². The van der Waals surface area contributed by atoms with Crippen molar-refractivity contribution in [2.45, 2.75) is 31.3 Å². The zero-order valence-corrected chi connectivity index (χ0v) is 19.2. The highest BCUT2D eigenvalue weighted by atomic mass is 35.5. The van der Waals surface area contributed by atoms with Crippen LogP contribution in [-0.4, -0.2) is 38.0 Å². The molecule has 4 rings (SSSR count). The number of fused-ring (bicyclic) bond motifs is 2. The maximum Gasteiger partial charge on any atom is 0.250 e. The number of ether oxygens (including phenoxy) is 2. The zero-order valence-electron chi connectivity index (χ0n) is 18.5. The van der Waals surface area contributed by atoms with E-state index in [1.54, 1.807) is 24.3 Å². The van der Waals surface area contributed by atoms with Crippen LogP contribution in [0.3, 0.4) is 0 Å². The number of hydrogen-bond acceptors (Lipinski definition) is 6. The van der Waals surface area contributed by atoms with Gasteiger partial charge >= 0.3 is 0 Å². The molecule has 3 atom stereocenters. The maximum absolute atomic E-state index is 13.6. The second-order valence-electron chi connectivity index (χ2n) is 8.29. The molecular formula is C23H25ClN4O5. The number of carbonyl (C=O) groups excluding carboxylic acids is 3. The first kappa shape index (κ1) is 22.9. The van der Waals surface area contributed by atoms with Crippen LogP contribution in [0.15, 0.2) is 30.3 Å². The lowest BCUT2D eigenvalue weighted by molar-refractivity contribution is -0.130. The maximum atomic E-state index is 13.6. The fourth-order valence-electron chi connectivity index (χ4n) is 4.76. The van der Waals surface area contributed by atoms with Gasteiger partial charge in [-0.15, -0.1) is 0 Å². The molecule has 0 unspecified atom stereocenters. The lowest BCUT2D eigenvalue weighted by atomic mass is 9.79. The van der Waals surface area contributed by atoms with Gasteiger partial charge in [-0.2, -0.15) is 0 Å². The van der Waals surface area contributed by atoms with Crippen molar-refractivity contribution in [3.8, 4) is 11.5 Å². The first-order chi connectivity index (χ1) is 15.7. The second kappa shape index (κ2) is 8.57. The van der Waals surface area contributed by atoms with Gasteiger partial charge in [-0.1, -0.05) is 17.7 Å². The van der Waals surface area contributed by atoms with Crippen LogP contribution in [0.5, 0.6) is 11.5 Å². The summed E-state index contributed by atoms with van der Waals surface area (Å²) in [4.78, 5) is 38.6. The van der Waals surface area contributed by atoms with Crippen LogP contribution in [0.25, 0.3) is 0 Å². The number of hydrogen-bond donors (Lipinski definition) is 4. The Hall–Kier alpha value is -3.30. The summed E-state index contributed by atoms with van der Waals surface area (Å²) in [6, 6.07) is 8.11. The number of primary amides is 1. The number of nitrogens with two attached hydrogens (primary N) is 1. The molecule has 0 saturated carbocycles. The first-order valence-electron chi connectivity index (χ1n) is 10.4. The molecular weight excluding hydrogens is 448 g/mol. The van der Waals surface area contributed by atoms with Crippen LogP contribution in [0.1, 0.15) is 24.0 Å². The Bertz CT molecular complexity index is 1150. The molecule has 3 amide bonds. The zero-order chi connectivity index (χ0) is 23.9. The molecule has 0 aliphatic carbocycles. The SMILES string of the molecule is COc1ccc(OC)c(NC(=O)[C@H]2C[C@H](CC(N)=O)N[C@@]23C(=O)Nc2c(Cl)cc(C)cc23)c1. The van der Waals surface area contributed by atoms with E-state index >= 15 is 0 Å². The molecule has 10 heteroatoms. The normalized spacial score (nSPS) is 23.2. The van der Waals surface area contributed by atoms with E-state index in [-0.39, 0.29) is 12.8 Å². The molecule has 2 aromatic rings. The van der Waals surface area contributed by atoms with E-state index in [1.807, 2.05) is 13.0 Å². The molecule has 0 radical (unpaired) electrons. The molecule has 1 spiro atoms. The van der Waals surface area contributed by atoms with Gasteiger partial charge in [0.05, 0.1) is 36.5 Å². The number of aryl methyl sites for hydroxylation is 1. The summed E-state index contributed by atoms with van der Waals surface area (Å²) < 4.78 is 10.6. The second-order valence-corrected chi connectivity index (χ2v) is 8.69. The Labute approximate surface area is 195 Å². The predicted molar refractivity (Wildman–Crippen MR) is 124 cm³/mol. The molecule has 2 aromatic carbocycles. The topological polar surface area (TPSA) is 132 Å². The molecule has 174 valence electrons. The van der Waals surface area contributed by atoms with E-state index in [2.05, 4.69) is 16.0 Å².